The van der Waals surface area contributed by atoms with Crippen molar-refractivity contribution in [2.75, 3.05) is 5.32 Å². The van der Waals surface area contributed by atoms with Crippen LogP contribution in [0.25, 0.3) is 27.8 Å². The molecule has 0 unspecified atom stereocenters. The number of nitriles is 1. The van der Waals surface area contributed by atoms with Gasteiger partial charge < -0.3 is 9.73 Å². The van der Waals surface area contributed by atoms with Crippen molar-refractivity contribution in [3.05, 3.63) is 86.2 Å². The highest BCUT2D eigenvalue weighted by Gasteiger charge is 2.10. The second-order valence-corrected chi connectivity index (χ2v) is 7.97. The Morgan fingerprint density at radius 1 is 1.10 bits per heavy atom. The van der Waals surface area contributed by atoms with Crippen molar-refractivity contribution >= 4 is 33.6 Å². The van der Waals surface area contributed by atoms with Gasteiger partial charge in [0.05, 0.1) is 5.69 Å². The van der Waals surface area contributed by atoms with Crippen LogP contribution >= 0.6 is 11.3 Å². The molecule has 0 aliphatic heterocycles. The zero-order valence-electron chi connectivity index (χ0n) is 16.8. The van der Waals surface area contributed by atoms with Crippen LogP contribution in [0, 0.1) is 32.1 Å². The predicted molar refractivity (Wildman–Crippen MR) is 121 cm³/mol. The quantitative estimate of drug-likeness (QED) is 0.337. The summed E-state index contributed by atoms with van der Waals surface area (Å²) in [4.78, 5) is 16.3. The van der Waals surface area contributed by atoms with Crippen LogP contribution in [-0.2, 0) is 0 Å². The van der Waals surface area contributed by atoms with Crippen LogP contribution in [-0.4, -0.2) is 4.98 Å². The first-order valence-electron chi connectivity index (χ1n) is 9.39. The Labute approximate surface area is 177 Å². The zero-order chi connectivity index (χ0) is 21.3. The number of nitrogens with one attached hydrogen (secondary N) is 1. The lowest BCUT2D eigenvalue weighted by atomic mass is 10.1. The van der Waals surface area contributed by atoms with E-state index < -0.39 is 0 Å². The minimum Gasteiger partial charge on any atom is -0.423 e. The van der Waals surface area contributed by atoms with E-state index in [2.05, 4.69) is 42.4 Å². The van der Waals surface area contributed by atoms with Gasteiger partial charge in [-0.25, -0.2) is 9.78 Å². The lowest BCUT2D eigenvalue weighted by Gasteiger charge is -2.05. The van der Waals surface area contributed by atoms with E-state index in [9.17, 15) is 10.1 Å². The van der Waals surface area contributed by atoms with Gasteiger partial charge in [-0.15, -0.1) is 11.3 Å². The topological polar surface area (TPSA) is 78.9 Å². The summed E-state index contributed by atoms with van der Waals surface area (Å²) in [6.45, 7) is 6.02. The van der Waals surface area contributed by atoms with E-state index in [-0.39, 0.29) is 5.63 Å². The van der Waals surface area contributed by atoms with Crippen LogP contribution < -0.4 is 10.9 Å². The maximum absolute atomic E-state index is 11.6. The molecule has 6 heteroatoms. The van der Waals surface area contributed by atoms with Crippen molar-refractivity contribution in [3.63, 3.8) is 0 Å². The minimum atomic E-state index is -0.382. The first-order chi connectivity index (χ1) is 14.4. The smallest absolute Gasteiger partial charge is 0.336 e. The zero-order valence-corrected chi connectivity index (χ0v) is 17.6. The number of fused-ring (bicyclic) bond motifs is 1. The predicted octanol–water partition coefficient (Wildman–Crippen LogP) is 5.82. The second-order valence-electron chi connectivity index (χ2n) is 7.11. The fraction of sp³-hybridized carbons (Fsp3) is 0.125. The van der Waals surface area contributed by atoms with Crippen molar-refractivity contribution < 1.29 is 4.42 Å². The molecule has 0 atom stereocenters. The normalized spacial score (nSPS) is 11.5. The summed E-state index contributed by atoms with van der Waals surface area (Å²) in [5.74, 6) is 0. The van der Waals surface area contributed by atoms with Gasteiger partial charge in [0, 0.05) is 40.3 Å². The average molecular weight is 414 g/mol. The molecular formula is C24H19N3O2S. The number of aryl methyl sites for hydroxylation is 3. The van der Waals surface area contributed by atoms with E-state index >= 15 is 0 Å². The van der Waals surface area contributed by atoms with Crippen LogP contribution in [0.15, 0.2) is 63.3 Å². The van der Waals surface area contributed by atoms with E-state index in [1.54, 1.807) is 12.3 Å². The lowest BCUT2D eigenvalue weighted by Crippen LogP contribution is -1.98. The summed E-state index contributed by atoms with van der Waals surface area (Å²) in [5, 5.41) is 16.2. The van der Waals surface area contributed by atoms with E-state index in [1.807, 2.05) is 30.5 Å². The number of benzene rings is 2. The third-order valence-corrected chi connectivity index (χ3v) is 5.87. The van der Waals surface area contributed by atoms with Crippen LogP contribution in [0.4, 0.5) is 5.69 Å². The summed E-state index contributed by atoms with van der Waals surface area (Å²) in [5.41, 5.74) is 6.46. The number of thiazole rings is 1. The fourth-order valence-corrected chi connectivity index (χ4v) is 3.94. The van der Waals surface area contributed by atoms with E-state index in [4.69, 9.17) is 4.42 Å². The van der Waals surface area contributed by atoms with E-state index in [0.29, 0.717) is 16.2 Å². The van der Waals surface area contributed by atoms with Gasteiger partial charge in [-0.2, -0.15) is 5.26 Å². The maximum atomic E-state index is 11.6. The fourth-order valence-electron chi connectivity index (χ4n) is 3.14. The standard InChI is InChI=1S/C24H19N3O2S/c1-14-4-5-17(8-15(14)2)21-13-30-24(27-21)18(11-25)12-26-19-6-7-20-16(3)9-23(28)29-22(20)10-19/h4-10,12-13,26H,1-3H3/b18-12+. The molecule has 0 saturated heterocycles. The van der Waals surface area contributed by atoms with Gasteiger partial charge in [-0.3, -0.25) is 0 Å². The van der Waals surface area contributed by atoms with Crippen LogP contribution in [0.2, 0.25) is 0 Å². The van der Waals surface area contributed by atoms with Gasteiger partial charge in [0.1, 0.15) is 22.2 Å². The first-order valence-corrected chi connectivity index (χ1v) is 10.3. The molecule has 2 aromatic carbocycles. The monoisotopic (exact) mass is 413 g/mol. The highest BCUT2D eigenvalue weighted by molar-refractivity contribution is 7.11. The molecule has 0 fully saturated rings. The molecule has 4 rings (SSSR count). The van der Waals surface area contributed by atoms with Crippen molar-refractivity contribution in [1.29, 1.82) is 5.26 Å². The molecule has 0 bridgehead atoms. The highest BCUT2D eigenvalue weighted by atomic mass is 32.1. The van der Waals surface area contributed by atoms with Crippen molar-refractivity contribution in [2.24, 2.45) is 0 Å². The molecule has 30 heavy (non-hydrogen) atoms. The lowest BCUT2D eigenvalue weighted by molar-refractivity contribution is 0.560. The Morgan fingerprint density at radius 3 is 2.70 bits per heavy atom. The number of anilines is 1. The van der Waals surface area contributed by atoms with Crippen molar-refractivity contribution in [2.45, 2.75) is 20.8 Å². The number of nitrogens with zero attached hydrogens (tertiary/aromatic N) is 2. The Morgan fingerprint density at radius 2 is 1.93 bits per heavy atom. The molecule has 0 radical (unpaired) electrons. The summed E-state index contributed by atoms with van der Waals surface area (Å²) in [7, 11) is 0. The number of allylic oxidation sites excluding steroid dienone is 1. The molecular weight excluding hydrogens is 394 g/mol. The maximum Gasteiger partial charge on any atom is 0.336 e. The Bertz CT molecular complexity index is 1390. The molecule has 0 saturated carbocycles. The molecule has 1 N–H and O–H groups in total. The molecule has 0 spiro atoms. The van der Waals surface area contributed by atoms with Crippen LogP contribution in [0.1, 0.15) is 21.7 Å². The molecule has 4 aromatic rings. The third kappa shape index (κ3) is 3.88. The first kappa shape index (κ1) is 19.6. The van der Waals surface area contributed by atoms with Gasteiger partial charge in [0.25, 0.3) is 0 Å². The van der Waals surface area contributed by atoms with Crippen molar-refractivity contribution in [1.82, 2.24) is 4.98 Å². The van der Waals surface area contributed by atoms with E-state index in [0.717, 1.165) is 27.9 Å². The van der Waals surface area contributed by atoms with Gasteiger partial charge in [0.2, 0.25) is 0 Å². The molecule has 0 aliphatic carbocycles. The Hall–Kier alpha value is -3.69. The SMILES string of the molecule is Cc1ccc(-c2csc(/C(C#N)=C/Nc3ccc4c(C)cc(=O)oc4c3)n2)cc1C. The third-order valence-electron chi connectivity index (χ3n) is 4.99. The number of hydrogen-bond acceptors (Lipinski definition) is 6. The number of rotatable bonds is 4. The van der Waals surface area contributed by atoms with Gasteiger partial charge in [-0.1, -0.05) is 12.1 Å². The summed E-state index contributed by atoms with van der Waals surface area (Å²) in [6.07, 6.45) is 1.62. The molecule has 2 aromatic heterocycles. The molecule has 0 amide bonds. The van der Waals surface area contributed by atoms with Gasteiger partial charge >= 0.3 is 5.63 Å². The second kappa shape index (κ2) is 7.97. The summed E-state index contributed by atoms with van der Waals surface area (Å²) in [6, 6.07) is 15.4. The van der Waals surface area contributed by atoms with Gasteiger partial charge in [-0.05, 0) is 55.7 Å². The Balaban J connectivity index is 1.61. The van der Waals surface area contributed by atoms with Crippen LogP contribution in [0.5, 0.6) is 0 Å². The molecule has 148 valence electrons. The number of aromatic nitrogens is 1. The molecule has 2 heterocycles. The van der Waals surface area contributed by atoms with Crippen LogP contribution in [0.3, 0.4) is 0 Å². The number of hydrogen-bond donors (Lipinski definition) is 1. The summed E-state index contributed by atoms with van der Waals surface area (Å²) >= 11 is 1.43. The van der Waals surface area contributed by atoms with E-state index in [1.165, 1.54) is 28.5 Å². The molecule has 0 aliphatic rings. The average Bonchev–Trinajstić information content (AvgIpc) is 3.20. The summed E-state index contributed by atoms with van der Waals surface area (Å²) < 4.78 is 5.28. The minimum absolute atomic E-state index is 0.382. The molecule has 5 nitrogen and oxygen atoms in total. The van der Waals surface area contributed by atoms with Gasteiger partial charge in [0.15, 0.2) is 0 Å². The van der Waals surface area contributed by atoms with Crippen molar-refractivity contribution in [3.8, 4) is 17.3 Å². The Kier molecular flexibility index (Phi) is 5.21. The highest BCUT2D eigenvalue weighted by Crippen LogP contribution is 2.28. The largest absolute Gasteiger partial charge is 0.423 e.